The first-order valence-electron chi connectivity index (χ1n) is 7.31. The summed E-state index contributed by atoms with van der Waals surface area (Å²) in [6, 6.07) is 0. The van der Waals surface area contributed by atoms with Crippen molar-refractivity contribution >= 4 is 10.0 Å². The SMILES string of the molecule is CCNCc1cn[nH]c1S(=O)(=O)NCCCCOC(C)C. The van der Waals surface area contributed by atoms with Crippen LogP contribution in [-0.2, 0) is 21.3 Å². The Morgan fingerprint density at radius 2 is 2.14 bits per heavy atom. The molecule has 0 fully saturated rings. The summed E-state index contributed by atoms with van der Waals surface area (Å²) < 4.78 is 32.3. The fraction of sp³-hybridized carbons (Fsp3) is 0.769. The second kappa shape index (κ2) is 9.14. The van der Waals surface area contributed by atoms with E-state index < -0.39 is 10.0 Å². The molecule has 7 nitrogen and oxygen atoms in total. The zero-order valence-corrected chi connectivity index (χ0v) is 13.8. The predicted octanol–water partition coefficient (Wildman–Crippen LogP) is 1.00. The van der Waals surface area contributed by atoms with Crippen LogP contribution < -0.4 is 10.0 Å². The largest absolute Gasteiger partial charge is 0.379 e. The molecule has 1 aromatic rings. The smallest absolute Gasteiger partial charge is 0.257 e. The Bertz CT molecular complexity index is 499. The number of ether oxygens (including phenoxy) is 1. The van der Waals surface area contributed by atoms with E-state index in [1.165, 1.54) is 6.20 Å². The van der Waals surface area contributed by atoms with Crippen LogP contribution in [0.15, 0.2) is 11.2 Å². The summed E-state index contributed by atoms with van der Waals surface area (Å²) in [4.78, 5) is 0. The summed E-state index contributed by atoms with van der Waals surface area (Å²) in [5.74, 6) is 0. The predicted molar refractivity (Wildman–Crippen MR) is 81.5 cm³/mol. The second-order valence-corrected chi connectivity index (χ2v) is 6.73. The van der Waals surface area contributed by atoms with E-state index in [1.807, 2.05) is 20.8 Å². The van der Waals surface area contributed by atoms with Gasteiger partial charge in [0.05, 0.1) is 12.3 Å². The zero-order chi connectivity index (χ0) is 15.7. The molecule has 21 heavy (non-hydrogen) atoms. The summed E-state index contributed by atoms with van der Waals surface area (Å²) in [6.07, 6.45) is 3.31. The first-order valence-corrected chi connectivity index (χ1v) is 8.80. The normalized spacial score (nSPS) is 12.2. The maximum Gasteiger partial charge on any atom is 0.257 e. The lowest BCUT2D eigenvalue weighted by molar-refractivity contribution is 0.0762. The highest BCUT2D eigenvalue weighted by molar-refractivity contribution is 7.89. The highest BCUT2D eigenvalue weighted by atomic mass is 32.2. The van der Waals surface area contributed by atoms with Crippen molar-refractivity contribution in [2.75, 3.05) is 19.7 Å². The van der Waals surface area contributed by atoms with Gasteiger partial charge < -0.3 is 10.1 Å². The fourth-order valence-electron chi connectivity index (χ4n) is 1.74. The van der Waals surface area contributed by atoms with Gasteiger partial charge in [0.1, 0.15) is 0 Å². The second-order valence-electron chi connectivity index (χ2n) is 5.03. The molecule has 1 aromatic heterocycles. The van der Waals surface area contributed by atoms with E-state index in [1.54, 1.807) is 0 Å². The van der Waals surface area contributed by atoms with Crippen molar-refractivity contribution in [3.63, 3.8) is 0 Å². The number of nitrogens with one attached hydrogen (secondary N) is 3. The highest BCUT2D eigenvalue weighted by Crippen LogP contribution is 2.11. The van der Waals surface area contributed by atoms with Gasteiger partial charge in [-0.05, 0) is 33.2 Å². The van der Waals surface area contributed by atoms with Crippen molar-refractivity contribution in [1.29, 1.82) is 0 Å². The van der Waals surface area contributed by atoms with E-state index in [0.717, 1.165) is 19.4 Å². The molecule has 0 aliphatic carbocycles. The average molecular weight is 318 g/mol. The zero-order valence-electron chi connectivity index (χ0n) is 13.0. The number of rotatable bonds is 11. The maximum absolute atomic E-state index is 12.2. The number of aromatic amines is 1. The maximum atomic E-state index is 12.2. The van der Waals surface area contributed by atoms with Crippen molar-refractivity contribution in [3.05, 3.63) is 11.8 Å². The van der Waals surface area contributed by atoms with Gasteiger partial charge in [-0.15, -0.1) is 0 Å². The van der Waals surface area contributed by atoms with Crippen LogP contribution >= 0.6 is 0 Å². The Morgan fingerprint density at radius 3 is 2.81 bits per heavy atom. The van der Waals surface area contributed by atoms with Crippen LogP contribution in [0.5, 0.6) is 0 Å². The summed E-state index contributed by atoms with van der Waals surface area (Å²) in [6.45, 7) is 8.21. The van der Waals surface area contributed by atoms with Gasteiger partial charge in [0.2, 0.25) is 0 Å². The minimum Gasteiger partial charge on any atom is -0.379 e. The lowest BCUT2D eigenvalue weighted by atomic mass is 10.3. The van der Waals surface area contributed by atoms with Crippen LogP contribution in [0.25, 0.3) is 0 Å². The summed E-state index contributed by atoms with van der Waals surface area (Å²) in [7, 11) is -3.53. The van der Waals surface area contributed by atoms with Gasteiger partial charge in [0, 0.05) is 25.3 Å². The van der Waals surface area contributed by atoms with Crippen molar-refractivity contribution in [2.24, 2.45) is 0 Å². The number of H-pyrrole nitrogens is 1. The number of unbranched alkanes of at least 4 members (excludes halogenated alkanes) is 1. The Kier molecular flexibility index (Phi) is 7.87. The number of hydrogen-bond donors (Lipinski definition) is 3. The molecule has 0 atom stereocenters. The molecule has 122 valence electrons. The molecule has 8 heteroatoms. The van der Waals surface area contributed by atoms with Gasteiger partial charge in [-0.25, -0.2) is 13.1 Å². The molecule has 3 N–H and O–H groups in total. The van der Waals surface area contributed by atoms with E-state index >= 15 is 0 Å². The third-order valence-corrected chi connectivity index (χ3v) is 4.30. The molecule has 0 aliphatic rings. The van der Waals surface area contributed by atoms with Gasteiger partial charge in [-0.2, -0.15) is 5.10 Å². The fourth-order valence-corrected chi connectivity index (χ4v) is 2.94. The highest BCUT2D eigenvalue weighted by Gasteiger charge is 2.19. The van der Waals surface area contributed by atoms with Gasteiger partial charge in [-0.3, -0.25) is 5.10 Å². The van der Waals surface area contributed by atoms with Gasteiger partial charge >= 0.3 is 0 Å². The molecular formula is C13H26N4O3S. The van der Waals surface area contributed by atoms with Gasteiger partial charge in [0.25, 0.3) is 10.0 Å². The molecular weight excluding hydrogens is 292 g/mol. The monoisotopic (exact) mass is 318 g/mol. The molecule has 0 bridgehead atoms. The van der Waals surface area contributed by atoms with Gasteiger partial charge in [-0.1, -0.05) is 6.92 Å². The van der Waals surface area contributed by atoms with Crippen molar-refractivity contribution < 1.29 is 13.2 Å². The van der Waals surface area contributed by atoms with Crippen molar-refractivity contribution in [1.82, 2.24) is 20.2 Å². The van der Waals surface area contributed by atoms with E-state index in [4.69, 9.17) is 4.74 Å². The van der Waals surface area contributed by atoms with E-state index in [9.17, 15) is 8.42 Å². The number of nitrogens with zero attached hydrogens (tertiary/aromatic N) is 1. The van der Waals surface area contributed by atoms with E-state index in [0.29, 0.717) is 25.3 Å². The standard InChI is InChI=1S/C13H26N4O3S/c1-4-14-9-12-10-15-17-13(12)21(18,19)16-7-5-6-8-20-11(2)3/h10-11,14,16H,4-9H2,1-3H3,(H,15,17). The third-order valence-electron chi connectivity index (χ3n) is 2.83. The molecule has 0 amide bonds. The first kappa shape index (κ1) is 18.1. The molecule has 0 radical (unpaired) electrons. The minimum atomic E-state index is -3.53. The van der Waals surface area contributed by atoms with Gasteiger partial charge in [0.15, 0.2) is 5.03 Å². The van der Waals surface area contributed by atoms with Crippen LogP contribution in [0.2, 0.25) is 0 Å². The lowest BCUT2D eigenvalue weighted by Crippen LogP contribution is -2.27. The molecule has 1 heterocycles. The van der Waals surface area contributed by atoms with Crippen LogP contribution in [0.4, 0.5) is 0 Å². The molecule has 0 aromatic carbocycles. The summed E-state index contributed by atoms with van der Waals surface area (Å²) in [5, 5.41) is 9.60. The molecule has 0 spiro atoms. The summed E-state index contributed by atoms with van der Waals surface area (Å²) in [5.41, 5.74) is 0.646. The number of sulfonamides is 1. The topological polar surface area (TPSA) is 96.1 Å². The number of hydrogen-bond acceptors (Lipinski definition) is 5. The molecule has 0 saturated heterocycles. The lowest BCUT2D eigenvalue weighted by Gasteiger charge is -2.09. The first-order chi connectivity index (χ1) is 9.97. The van der Waals surface area contributed by atoms with E-state index in [-0.39, 0.29) is 11.1 Å². The Hall–Kier alpha value is -0.960. The van der Waals surface area contributed by atoms with Crippen molar-refractivity contribution in [2.45, 2.75) is 51.3 Å². The van der Waals surface area contributed by atoms with Crippen LogP contribution in [0.1, 0.15) is 39.2 Å². The molecule has 0 unspecified atom stereocenters. The Labute approximate surface area is 126 Å². The summed E-state index contributed by atoms with van der Waals surface area (Å²) >= 11 is 0. The minimum absolute atomic E-state index is 0.141. The van der Waals surface area contributed by atoms with Crippen LogP contribution in [0.3, 0.4) is 0 Å². The molecule has 0 aliphatic heterocycles. The third kappa shape index (κ3) is 6.56. The van der Waals surface area contributed by atoms with E-state index in [2.05, 4.69) is 20.2 Å². The quantitative estimate of drug-likeness (QED) is 0.529. The van der Waals surface area contributed by atoms with Crippen molar-refractivity contribution in [3.8, 4) is 0 Å². The van der Waals surface area contributed by atoms with Crippen LogP contribution in [0, 0.1) is 0 Å². The molecule has 1 rings (SSSR count). The number of aromatic nitrogens is 2. The average Bonchev–Trinajstić information content (AvgIpc) is 2.89. The Morgan fingerprint density at radius 1 is 1.38 bits per heavy atom. The Balaban J connectivity index is 2.41. The van der Waals surface area contributed by atoms with Crippen LogP contribution in [-0.4, -0.2) is 44.4 Å². The molecule has 0 saturated carbocycles.